The molecule has 0 aromatic carbocycles. The van der Waals surface area contributed by atoms with E-state index in [-0.39, 0.29) is 0 Å². The van der Waals surface area contributed by atoms with Crippen LogP contribution in [0.2, 0.25) is 0 Å². The highest BCUT2D eigenvalue weighted by Gasteiger charge is 2.28. The standard InChI is InChI=1S/C9H15N3/c1-6(2)8-4-5-12-7(3)10-11-9(8)12/h6,8H,4-5H2,1-3H3. The zero-order valence-corrected chi connectivity index (χ0v) is 7.91. The van der Waals surface area contributed by atoms with Crippen molar-refractivity contribution in [2.75, 3.05) is 0 Å². The van der Waals surface area contributed by atoms with Gasteiger partial charge in [-0.3, -0.25) is 0 Å². The maximum absolute atomic E-state index is 4.21. The van der Waals surface area contributed by atoms with E-state index in [1.807, 2.05) is 6.92 Å². The topological polar surface area (TPSA) is 30.7 Å². The lowest BCUT2D eigenvalue weighted by Gasteiger charge is -2.10. The number of hydrogen-bond acceptors (Lipinski definition) is 2. The van der Waals surface area contributed by atoms with Crippen LogP contribution in [0.3, 0.4) is 0 Å². The highest BCUT2D eigenvalue weighted by molar-refractivity contribution is 5.07. The van der Waals surface area contributed by atoms with E-state index in [2.05, 4.69) is 28.6 Å². The average Bonchev–Trinajstić information content (AvgIpc) is 2.53. The Morgan fingerprint density at radius 1 is 1.42 bits per heavy atom. The summed E-state index contributed by atoms with van der Waals surface area (Å²) in [6.07, 6.45) is 1.24. The highest BCUT2D eigenvalue weighted by Crippen LogP contribution is 2.32. The Morgan fingerprint density at radius 3 is 2.83 bits per heavy atom. The first kappa shape index (κ1) is 7.77. The van der Waals surface area contributed by atoms with Crippen molar-refractivity contribution < 1.29 is 0 Å². The molecule has 3 heteroatoms. The fourth-order valence-electron chi connectivity index (χ4n) is 1.98. The summed E-state index contributed by atoms with van der Waals surface area (Å²) in [4.78, 5) is 0. The molecule has 1 aromatic rings. The Morgan fingerprint density at radius 2 is 2.17 bits per heavy atom. The summed E-state index contributed by atoms with van der Waals surface area (Å²) < 4.78 is 2.24. The van der Waals surface area contributed by atoms with Crippen molar-refractivity contribution in [3.8, 4) is 0 Å². The van der Waals surface area contributed by atoms with Gasteiger partial charge in [0.05, 0.1) is 0 Å². The Kier molecular flexibility index (Phi) is 1.67. The van der Waals surface area contributed by atoms with Crippen molar-refractivity contribution >= 4 is 0 Å². The first-order chi connectivity index (χ1) is 5.70. The summed E-state index contributed by atoms with van der Waals surface area (Å²) in [7, 11) is 0. The van der Waals surface area contributed by atoms with Crippen LogP contribution in [0, 0.1) is 12.8 Å². The zero-order chi connectivity index (χ0) is 8.72. The first-order valence-corrected chi connectivity index (χ1v) is 4.60. The van der Waals surface area contributed by atoms with Crippen molar-refractivity contribution in [1.82, 2.24) is 14.8 Å². The van der Waals surface area contributed by atoms with Gasteiger partial charge in [0.2, 0.25) is 0 Å². The van der Waals surface area contributed by atoms with Gasteiger partial charge >= 0.3 is 0 Å². The predicted octanol–water partition coefficient (Wildman–Crippen LogP) is 1.73. The fraction of sp³-hybridized carbons (Fsp3) is 0.778. The molecule has 1 unspecified atom stereocenters. The van der Waals surface area contributed by atoms with E-state index >= 15 is 0 Å². The SMILES string of the molecule is Cc1nnc2n1CCC2C(C)C. The normalized spacial score (nSPS) is 21.8. The zero-order valence-electron chi connectivity index (χ0n) is 7.91. The van der Waals surface area contributed by atoms with Gasteiger partial charge in [-0.05, 0) is 19.3 Å². The monoisotopic (exact) mass is 165 g/mol. The van der Waals surface area contributed by atoms with E-state index in [9.17, 15) is 0 Å². The molecule has 0 radical (unpaired) electrons. The molecule has 3 nitrogen and oxygen atoms in total. The van der Waals surface area contributed by atoms with Crippen LogP contribution in [0.15, 0.2) is 0 Å². The number of hydrogen-bond donors (Lipinski definition) is 0. The number of aryl methyl sites for hydroxylation is 1. The summed E-state index contributed by atoms with van der Waals surface area (Å²) in [6, 6.07) is 0. The summed E-state index contributed by atoms with van der Waals surface area (Å²) in [5, 5.41) is 8.30. The Labute approximate surface area is 72.8 Å². The molecule has 1 aromatic heterocycles. The van der Waals surface area contributed by atoms with E-state index in [1.165, 1.54) is 12.2 Å². The van der Waals surface area contributed by atoms with Crippen LogP contribution in [0.5, 0.6) is 0 Å². The molecule has 0 saturated carbocycles. The molecule has 2 rings (SSSR count). The minimum atomic E-state index is 0.631. The first-order valence-electron chi connectivity index (χ1n) is 4.60. The quantitative estimate of drug-likeness (QED) is 0.634. The van der Waals surface area contributed by atoms with Gasteiger partial charge in [-0.25, -0.2) is 0 Å². The van der Waals surface area contributed by atoms with E-state index in [0.29, 0.717) is 11.8 Å². The number of rotatable bonds is 1. The summed E-state index contributed by atoms with van der Waals surface area (Å²) >= 11 is 0. The van der Waals surface area contributed by atoms with Crippen LogP contribution in [0.4, 0.5) is 0 Å². The van der Waals surface area contributed by atoms with E-state index in [1.54, 1.807) is 0 Å². The molecule has 1 aliphatic heterocycles. The van der Waals surface area contributed by atoms with Crippen LogP contribution in [0.25, 0.3) is 0 Å². The van der Waals surface area contributed by atoms with Gasteiger partial charge < -0.3 is 4.57 Å². The second kappa shape index (κ2) is 2.57. The summed E-state index contributed by atoms with van der Waals surface area (Å²) in [5.41, 5.74) is 0. The smallest absolute Gasteiger partial charge is 0.136 e. The second-order valence-corrected chi connectivity index (χ2v) is 3.90. The van der Waals surface area contributed by atoms with Crippen LogP contribution in [-0.4, -0.2) is 14.8 Å². The molecular weight excluding hydrogens is 150 g/mol. The largest absolute Gasteiger partial charge is 0.315 e. The van der Waals surface area contributed by atoms with Gasteiger partial charge in [-0.2, -0.15) is 0 Å². The average molecular weight is 165 g/mol. The molecule has 0 saturated heterocycles. The van der Waals surface area contributed by atoms with Gasteiger partial charge in [-0.15, -0.1) is 10.2 Å². The fourth-order valence-corrected chi connectivity index (χ4v) is 1.98. The van der Waals surface area contributed by atoms with Crippen molar-refractivity contribution in [3.63, 3.8) is 0 Å². The number of nitrogens with zero attached hydrogens (tertiary/aromatic N) is 3. The van der Waals surface area contributed by atoms with Crippen molar-refractivity contribution in [1.29, 1.82) is 0 Å². The second-order valence-electron chi connectivity index (χ2n) is 3.90. The van der Waals surface area contributed by atoms with Gasteiger partial charge in [0.1, 0.15) is 11.6 Å². The van der Waals surface area contributed by atoms with E-state index in [0.717, 1.165) is 12.4 Å². The maximum atomic E-state index is 4.21. The van der Waals surface area contributed by atoms with Gasteiger partial charge in [-0.1, -0.05) is 13.8 Å². The Hall–Kier alpha value is -0.860. The van der Waals surface area contributed by atoms with Gasteiger partial charge in [0.15, 0.2) is 0 Å². The third-order valence-electron chi connectivity index (χ3n) is 2.76. The predicted molar refractivity (Wildman–Crippen MR) is 47.0 cm³/mol. The molecule has 0 amide bonds. The Balaban J connectivity index is 2.36. The molecule has 1 atom stereocenters. The molecule has 0 aliphatic carbocycles. The maximum Gasteiger partial charge on any atom is 0.136 e. The molecule has 0 spiro atoms. The molecule has 2 heterocycles. The van der Waals surface area contributed by atoms with Crippen molar-refractivity contribution in [2.24, 2.45) is 5.92 Å². The molecular formula is C9H15N3. The van der Waals surface area contributed by atoms with Crippen LogP contribution < -0.4 is 0 Å². The highest BCUT2D eigenvalue weighted by atomic mass is 15.3. The van der Waals surface area contributed by atoms with E-state index in [4.69, 9.17) is 0 Å². The van der Waals surface area contributed by atoms with Crippen molar-refractivity contribution in [3.05, 3.63) is 11.6 Å². The molecule has 0 fully saturated rings. The van der Waals surface area contributed by atoms with Gasteiger partial charge in [0.25, 0.3) is 0 Å². The van der Waals surface area contributed by atoms with Crippen LogP contribution in [-0.2, 0) is 6.54 Å². The lowest BCUT2D eigenvalue weighted by atomic mass is 9.94. The van der Waals surface area contributed by atoms with Crippen LogP contribution >= 0.6 is 0 Å². The van der Waals surface area contributed by atoms with Gasteiger partial charge in [0, 0.05) is 12.5 Å². The molecule has 0 N–H and O–H groups in total. The summed E-state index contributed by atoms with van der Waals surface area (Å²) in [5.74, 6) is 3.58. The third kappa shape index (κ3) is 0.958. The van der Waals surface area contributed by atoms with E-state index < -0.39 is 0 Å². The minimum Gasteiger partial charge on any atom is -0.315 e. The lowest BCUT2D eigenvalue weighted by Crippen LogP contribution is -2.03. The minimum absolute atomic E-state index is 0.631. The third-order valence-corrected chi connectivity index (χ3v) is 2.76. The lowest BCUT2D eigenvalue weighted by molar-refractivity contribution is 0.483. The summed E-state index contributed by atoms with van der Waals surface area (Å²) in [6.45, 7) is 7.64. The Bertz CT molecular complexity index is 288. The number of fused-ring (bicyclic) bond motifs is 1. The molecule has 12 heavy (non-hydrogen) atoms. The van der Waals surface area contributed by atoms with Crippen LogP contribution in [0.1, 0.15) is 37.8 Å². The molecule has 66 valence electrons. The molecule has 1 aliphatic rings. The molecule has 0 bridgehead atoms. The number of aromatic nitrogens is 3. The van der Waals surface area contributed by atoms with Crippen molar-refractivity contribution in [2.45, 2.75) is 39.7 Å².